The van der Waals surface area contributed by atoms with E-state index in [2.05, 4.69) is 25.2 Å². The summed E-state index contributed by atoms with van der Waals surface area (Å²) in [6.45, 7) is 7.27. The van der Waals surface area contributed by atoms with Crippen LogP contribution in [0.15, 0.2) is 0 Å². The van der Waals surface area contributed by atoms with Gasteiger partial charge in [0.2, 0.25) is 17.8 Å². The van der Waals surface area contributed by atoms with Crippen molar-refractivity contribution in [2.75, 3.05) is 42.3 Å². The molecule has 0 bridgehead atoms. The topological polar surface area (TPSA) is 89.2 Å². The van der Waals surface area contributed by atoms with Crippen molar-refractivity contribution < 1.29 is 4.74 Å². The van der Waals surface area contributed by atoms with Crippen LogP contribution in [0.2, 0.25) is 0 Å². The van der Waals surface area contributed by atoms with E-state index >= 15 is 0 Å². The molecule has 3 N–H and O–H groups in total. The summed E-state index contributed by atoms with van der Waals surface area (Å²) in [6.07, 6.45) is 2.35. The third-order valence-electron chi connectivity index (χ3n) is 2.98. The summed E-state index contributed by atoms with van der Waals surface area (Å²) in [5, 5.41) is 3.19. The monoisotopic (exact) mass is 266 g/mol. The summed E-state index contributed by atoms with van der Waals surface area (Å²) in [5.74, 6) is 1.43. The third kappa shape index (κ3) is 3.92. The van der Waals surface area contributed by atoms with E-state index in [1.807, 2.05) is 13.8 Å². The SMILES string of the molecule is CCOCC(C)Nc1nc(N)nc(N2CCCC2)n1. The van der Waals surface area contributed by atoms with Gasteiger partial charge in [0, 0.05) is 25.7 Å². The van der Waals surface area contributed by atoms with Crippen molar-refractivity contribution in [2.24, 2.45) is 0 Å². The van der Waals surface area contributed by atoms with Gasteiger partial charge in [-0.05, 0) is 26.7 Å². The number of nitrogens with two attached hydrogens (primary N) is 1. The highest BCUT2D eigenvalue weighted by Crippen LogP contribution is 2.17. The number of nitrogen functional groups attached to an aromatic ring is 1. The first-order valence-corrected chi connectivity index (χ1v) is 6.80. The van der Waals surface area contributed by atoms with Gasteiger partial charge in [0.1, 0.15) is 0 Å². The number of aromatic nitrogens is 3. The van der Waals surface area contributed by atoms with Gasteiger partial charge in [0.05, 0.1) is 6.61 Å². The number of ether oxygens (including phenoxy) is 1. The van der Waals surface area contributed by atoms with E-state index in [1.165, 1.54) is 12.8 Å². The molecule has 1 aromatic heterocycles. The average molecular weight is 266 g/mol. The van der Waals surface area contributed by atoms with E-state index in [4.69, 9.17) is 10.5 Å². The molecule has 1 aliphatic rings. The molecule has 0 spiro atoms. The van der Waals surface area contributed by atoms with Crippen LogP contribution in [0, 0.1) is 0 Å². The minimum atomic E-state index is 0.133. The Bertz CT molecular complexity index is 407. The predicted octanol–water partition coefficient (Wildman–Crippen LogP) is 0.891. The molecular weight excluding hydrogens is 244 g/mol. The molecule has 0 aromatic carbocycles. The maximum Gasteiger partial charge on any atom is 0.231 e. The molecule has 2 heterocycles. The Balaban J connectivity index is 2.03. The Morgan fingerprint density at radius 1 is 1.32 bits per heavy atom. The lowest BCUT2D eigenvalue weighted by Crippen LogP contribution is -2.26. The largest absolute Gasteiger partial charge is 0.380 e. The molecule has 0 saturated carbocycles. The van der Waals surface area contributed by atoms with Crippen molar-refractivity contribution in [1.82, 2.24) is 15.0 Å². The quantitative estimate of drug-likeness (QED) is 0.790. The Kier molecular flexibility index (Phi) is 4.73. The summed E-state index contributed by atoms with van der Waals surface area (Å²) in [5.41, 5.74) is 5.74. The molecule has 1 fully saturated rings. The lowest BCUT2D eigenvalue weighted by Gasteiger charge is -2.18. The van der Waals surface area contributed by atoms with Crippen molar-refractivity contribution in [3.8, 4) is 0 Å². The molecule has 2 rings (SSSR count). The summed E-state index contributed by atoms with van der Waals surface area (Å²) in [4.78, 5) is 14.9. The number of nitrogens with zero attached hydrogens (tertiary/aromatic N) is 4. The second-order valence-electron chi connectivity index (χ2n) is 4.72. The molecule has 7 heteroatoms. The Labute approximate surface area is 113 Å². The smallest absolute Gasteiger partial charge is 0.231 e. The fraction of sp³-hybridized carbons (Fsp3) is 0.750. The van der Waals surface area contributed by atoms with E-state index in [0.717, 1.165) is 13.1 Å². The van der Waals surface area contributed by atoms with E-state index in [0.29, 0.717) is 25.1 Å². The van der Waals surface area contributed by atoms with Crippen molar-refractivity contribution in [3.63, 3.8) is 0 Å². The van der Waals surface area contributed by atoms with Crippen LogP contribution in [0.3, 0.4) is 0 Å². The van der Waals surface area contributed by atoms with Crippen LogP contribution in [0.5, 0.6) is 0 Å². The van der Waals surface area contributed by atoms with Crippen molar-refractivity contribution in [3.05, 3.63) is 0 Å². The summed E-state index contributed by atoms with van der Waals surface area (Å²) < 4.78 is 5.35. The van der Waals surface area contributed by atoms with E-state index in [9.17, 15) is 0 Å². The van der Waals surface area contributed by atoms with Crippen LogP contribution in [-0.4, -0.2) is 47.3 Å². The van der Waals surface area contributed by atoms with Crippen LogP contribution in [-0.2, 0) is 4.74 Å². The molecule has 19 heavy (non-hydrogen) atoms. The van der Waals surface area contributed by atoms with Gasteiger partial charge < -0.3 is 20.7 Å². The van der Waals surface area contributed by atoms with E-state index < -0.39 is 0 Å². The molecule has 1 atom stereocenters. The number of hydrogen-bond donors (Lipinski definition) is 2. The van der Waals surface area contributed by atoms with Crippen molar-refractivity contribution in [2.45, 2.75) is 32.7 Å². The predicted molar refractivity (Wildman–Crippen MR) is 75.3 cm³/mol. The Morgan fingerprint density at radius 2 is 2.05 bits per heavy atom. The zero-order chi connectivity index (χ0) is 13.7. The second kappa shape index (κ2) is 6.51. The summed E-state index contributed by atoms with van der Waals surface area (Å²) in [7, 11) is 0. The van der Waals surface area contributed by atoms with Crippen LogP contribution in [0.25, 0.3) is 0 Å². The van der Waals surface area contributed by atoms with Crippen LogP contribution >= 0.6 is 0 Å². The zero-order valence-electron chi connectivity index (χ0n) is 11.6. The molecule has 7 nitrogen and oxygen atoms in total. The minimum Gasteiger partial charge on any atom is -0.380 e. The van der Waals surface area contributed by atoms with Crippen molar-refractivity contribution >= 4 is 17.8 Å². The van der Waals surface area contributed by atoms with Gasteiger partial charge in [-0.25, -0.2) is 0 Å². The van der Waals surface area contributed by atoms with Gasteiger partial charge in [-0.15, -0.1) is 0 Å². The molecule has 0 aliphatic carbocycles. The van der Waals surface area contributed by atoms with Gasteiger partial charge in [0.15, 0.2) is 0 Å². The molecular formula is C12H22N6O. The molecule has 0 radical (unpaired) electrons. The van der Waals surface area contributed by atoms with Crippen LogP contribution in [0.1, 0.15) is 26.7 Å². The normalized spacial score (nSPS) is 16.6. The number of hydrogen-bond acceptors (Lipinski definition) is 7. The Hall–Kier alpha value is -1.63. The standard InChI is InChI=1S/C12H22N6O/c1-3-19-8-9(2)14-11-15-10(13)16-12(17-11)18-6-4-5-7-18/h9H,3-8H2,1-2H3,(H3,13,14,15,16,17). The zero-order valence-corrected chi connectivity index (χ0v) is 11.6. The van der Waals surface area contributed by atoms with Gasteiger partial charge in [-0.1, -0.05) is 0 Å². The highest BCUT2D eigenvalue weighted by Gasteiger charge is 2.17. The lowest BCUT2D eigenvalue weighted by atomic mass is 10.4. The van der Waals surface area contributed by atoms with Crippen LogP contribution < -0.4 is 16.0 Å². The fourth-order valence-electron chi connectivity index (χ4n) is 2.06. The van der Waals surface area contributed by atoms with Crippen LogP contribution in [0.4, 0.5) is 17.8 Å². The average Bonchev–Trinajstić information content (AvgIpc) is 2.89. The van der Waals surface area contributed by atoms with Gasteiger partial charge in [-0.2, -0.15) is 15.0 Å². The van der Waals surface area contributed by atoms with Gasteiger partial charge >= 0.3 is 0 Å². The highest BCUT2D eigenvalue weighted by molar-refractivity contribution is 5.42. The second-order valence-corrected chi connectivity index (χ2v) is 4.72. The summed E-state index contributed by atoms with van der Waals surface area (Å²) >= 11 is 0. The fourth-order valence-corrected chi connectivity index (χ4v) is 2.06. The maximum atomic E-state index is 5.74. The Morgan fingerprint density at radius 3 is 2.74 bits per heavy atom. The molecule has 1 aromatic rings. The first-order valence-electron chi connectivity index (χ1n) is 6.80. The highest BCUT2D eigenvalue weighted by atomic mass is 16.5. The molecule has 1 saturated heterocycles. The molecule has 0 amide bonds. The van der Waals surface area contributed by atoms with E-state index in [1.54, 1.807) is 0 Å². The number of rotatable bonds is 6. The molecule has 1 unspecified atom stereocenters. The van der Waals surface area contributed by atoms with Crippen molar-refractivity contribution in [1.29, 1.82) is 0 Å². The third-order valence-corrected chi connectivity index (χ3v) is 2.98. The minimum absolute atomic E-state index is 0.133. The first kappa shape index (κ1) is 13.8. The molecule has 1 aliphatic heterocycles. The molecule has 106 valence electrons. The number of nitrogens with one attached hydrogen (secondary N) is 1. The van der Waals surface area contributed by atoms with Gasteiger partial charge in [0.25, 0.3) is 0 Å². The lowest BCUT2D eigenvalue weighted by molar-refractivity contribution is 0.141. The summed E-state index contributed by atoms with van der Waals surface area (Å²) in [6, 6.07) is 0.133. The maximum absolute atomic E-state index is 5.74. The van der Waals surface area contributed by atoms with E-state index in [-0.39, 0.29) is 12.0 Å². The first-order chi connectivity index (χ1) is 9.19. The van der Waals surface area contributed by atoms with Gasteiger partial charge in [-0.3, -0.25) is 0 Å². The number of anilines is 3.